The number of esters is 1. The van der Waals surface area contributed by atoms with Gasteiger partial charge in [0.05, 0.1) is 23.4 Å². The van der Waals surface area contributed by atoms with Crippen molar-refractivity contribution < 1.29 is 23.9 Å². The van der Waals surface area contributed by atoms with Gasteiger partial charge in [-0.25, -0.2) is 9.59 Å². The summed E-state index contributed by atoms with van der Waals surface area (Å²) in [5, 5.41) is 0.633. The van der Waals surface area contributed by atoms with Crippen LogP contribution in [0, 0.1) is 5.92 Å². The van der Waals surface area contributed by atoms with Gasteiger partial charge >= 0.3 is 12.1 Å². The SMILES string of the molecule is COC(=O)c1sc(-c2ccccc2)cc1N(CC1CCN(C(=O)OCc2ccccc2)CC1)C(=O)c1ccc(Cl)cc1Cl. The molecule has 1 saturated heterocycles. The van der Waals surface area contributed by atoms with Crippen molar-refractivity contribution in [3.8, 4) is 10.4 Å². The number of rotatable bonds is 8. The topological polar surface area (TPSA) is 76.2 Å². The Morgan fingerprint density at radius 1 is 0.930 bits per heavy atom. The number of methoxy groups -OCH3 is 1. The summed E-state index contributed by atoms with van der Waals surface area (Å²) >= 11 is 13.9. The molecular weight excluding hydrogens is 607 g/mol. The zero-order valence-electron chi connectivity index (χ0n) is 23.5. The number of anilines is 1. The number of thiophene rings is 1. The fraction of sp³-hybridized carbons (Fsp3) is 0.242. The van der Waals surface area contributed by atoms with E-state index in [0.717, 1.165) is 16.0 Å². The van der Waals surface area contributed by atoms with Gasteiger partial charge in [0.25, 0.3) is 5.91 Å². The lowest BCUT2D eigenvalue weighted by atomic mass is 9.95. The number of piperidine rings is 1. The van der Waals surface area contributed by atoms with E-state index in [4.69, 9.17) is 32.7 Å². The van der Waals surface area contributed by atoms with E-state index >= 15 is 0 Å². The van der Waals surface area contributed by atoms with E-state index in [1.54, 1.807) is 21.9 Å². The number of nitrogens with zero attached hydrogens (tertiary/aromatic N) is 2. The van der Waals surface area contributed by atoms with E-state index in [2.05, 4.69) is 0 Å². The highest BCUT2D eigenvalue weighted by Gasteiger charge is 2.32. The summed E-state index contributed by atoms with van der Waals surface area (Å²) < 4.78 is 10.6. The molecule has 10 heteroatoms. The fourth-order valence-corrected chi connectivity index (χ4v) is 6.61. The van der Waals surface area contributed by atoms with Crippen molar-refractivity contribution >= 4 is 58.2 Å². The normalized spacial score (nSPS) is 13.4. The lowest BCUT2D eigenvalue weighted by molar-refractivity contribution is 0.0606. The van der Waals surface area contributed by atoms with Crippen molar-refractivity contribution in [2.45, 2.75) is 19.4 Å². The molecule has 1 aromatic heterocycles. The van der Waals surface area contributed by atoms with Crippen molar-refractivity contribution in [2.24, 2.45) is 5.92 Å². The Labute approximate surface area is 264 Å². The molecule has 0 aliphatic carbocycles. The van der Waals surface area contributed by atoms with Crippen LogP contribution in [0.4, 0.5) is 10.5 Å². The van der Waals surface area contributed by atoms with Gasteiger partial charge in [-0.05, 0) is 54.2 Å². The average Bonchev–Trinajstić information content (AvgIpc) is 3.48. The van der Waals surface area contributed by atoms with E-state index < -0.39 is 5.97 Å². The van der Waals surface area contributed by atoms with E-state index in [1.807, 2.05) is 66.7 Å². The quantitative estimate of drug-likeness (QED) is 0.182. The van der Waals surface area contributed by atoms with Crippen LogP contribution < -0.4 is 4.90 Å². The molecule has 7 nitrogen and oxygen atoms in total. The van der Waals surface area contributed by atoms with E-state index in [-0.39, 0.29) is 35.1 Å². The molecule has 1 aliphatic rings. The maximum absolute atomic E-state index is 14.1. The molecule has 0 atom stereocenters. The summed E-state index contributed by atoms with van der Waals surface area (Å²) in [6.07, 6.45) is 0.949. The molecule has 222 valence electrons. The molecule has 1 fully saturated rings. The third-order valence-electron chi connectivity index (χ3n) is 7.36. The largest absolute Gasteiger partial charge is 0.465 e. The summed E-state index contributed by atoms with van der Waals surface area (Å²) in [5.74, 6) is -0.828. The standard InChI is InChI=1S/C33H30Cl2N2O5S/c1-41-32(39)30-28(19-29(43-30)24-10-6-3-7-11-24)37(31(38)26-13-12-25(34)18-27(26)35)20-22-14-16-36(17-15-22)33(40)42-21-23-8-4-2-5-9-23/h2-13,18-19,22H,14-17,20-21H2,1H3. The van der Waals surface area contributed by atoms with Gasteiger partial charge in [0.2, 0.25) is 0 Å². The minimum Gasteiger partial charge on any atom is -0.465 e. The number of carbonyl (C=O) groups is 3. The number of ether oxygens (including phenoxy) is 2. The second-order valence-electron chi connectivity index (χ2n) is 10.2. The first-order chi connectivity index (χ1) is 20.8. The summed E-state index contributed by atoms with van der Waals surface area (Å²) in [6, 6.07) is 25.8. The van der Waals surface area contributed by atoms with Crippen LogP contribution in [-0.2, 0) is 16.1 Å². The first-order valence-electron chi connectivity index (χ1n) is 13.8. The molecule has 4 aromatic rings. The zero-order chi connectivity index (χ0) is 30.3. The fourth-order valence-electron chi connectivity index (χ4n) is 5.03. The number of hydrogen-bond acceptors (Lipinski definition) is 6. The lowest BCUT2D eigenvalue weighted by Crippen LogP contribution is -2.43. The summed E-state index contributed by atoms with van der Waals surface area (Å²) in [7, 11) is 1.32. The van der Waals surface area contributed by atoms with Crippen molar-refractivity contribution in [1.29, 1.82) is 0 Å². The second kappa shape index (κ2) is 14.1. The predicted octanol–water partition coefficient (Wildman–Crippen LogP) is 8.20. The van der Waals surface area contributed by atoms with Gasteiger partial charge in [-0.1, -0.05) is 83.9 Å². The number of carbonyl (C=O) groups excluding carboxylic acids is 3. The van der Waals surface area contributed by atoms with Gasteiger partial charge in [0.1, 0.15) is 11.5 Å². The summed E-state index contributed by atoms with van der Waals surface area (Å²) in [6.45, 7) is 1.51. The van der Waals surface area contributed by atoms with E-state index in [0.29, 0.717) is 48.1 Å². The number of likely N-dealkylation sites (tertiary alicyclic amines) is 1. The van der Waals surface area contributed by atoms with Gasteiger partial charge in [-0.2, -0.15) is 0 Å². The van der Waals surface area contributed by atoms with Crippen LogP contribution in [0.1, 0.15) is 38.4 Å². The highest BCUT2D eigenvalue weighted by Crippen LogP contribution is 2.39. The molecule has 0 spiro atoms. The van der Waals surface area contributed by atoms with E-state index in [1.165, 1.54) is 24.5 Å². The number of benzene rings is 3. The highest BCUT2D eigenvalue weighted by molar-refractivity contribution is 7.18. The van der Waals surface area contributed by atoms with Gasteiger partial charge in [-0.3, -0.25) is 4.79 Å². The maximum atomic E-state index is 14.1. The monoisotopic (exact) mass is 636 g/mol. The van der Waals surface area contributed by atoms with Crippen LogP contribution in [0.5, 0.6) is 0 Å². The van der Waals surface area contributed by atoms with Crippen LogP contribution >= 0.6 is 34.5 Å². The Kier molecular flexibility index (Phi) is 10.0. The Bertz CT molecular complexity index is 1590. The molecule has 5 rings (SSSR count). The number of hydrogen-bond donors (Lipinski definition) is 0. The molecule has 2 heterocycles. The third-order valence-corrected chi connectivity index (χ3v) is 9.06. The van der Waals surface area contributed by atoms with Crippen molar-refractivity contribution in [3.63, 3.8) is 0 Å². The maximum Gasteiger partial charge on any atom is 0.410 e. The molecule has 0 saturated carbocycles. The molecule has 3 aromatic carbocycles. The van der Waals surface area contributed by atoms with Gasteiger partial charge in [-0.15, -0.1) is 11.3 Å². The Hall–Kier alpha value is -3.85. The second-order valence-corrected chi connectivity index (χ2v) is 12.1. The minimum atomic E-state index is -0.529. The Morgan fingerprint density at radius 2 is 1.60 bits per heavy atom. The van der Waals surface area contributed by atoms with Crippen LogP contribution in [0.25, 0.3) is 10.4 Å². The lowest BCUT2D eigenvalue weighted by Gasteiger charge is -2.34. The predicted molar refractivity (Wildman–Crippen MR) is 170 cm³/mol. The minimum absolute atomic E-state index is 0.0544. The smallest absolute Gasteiger partial charge is 0.410 e. The Morgan fingerprint density at radius 3 is 2.26 bits per heavy atom. The van der Waals surface area contributed by atoms with Crippen molar-refractivity contribution in [3.05, 3.63) is 111 Å². The average molecular weight is 638 g/mol. The summed E-state index contributed by atoms with van der Waals surface area (Å²) in [4.78, 5) is 44.3. The number of halogens is 2. The van der Waals surface area contributed by atoms with Crippen LogP contribution in [-0.4, -0.2) is 49.6 Å². The van der Waals surface area contributed by atoms with Crippen LogP contribution in [0.2, 0.25) is 10.0 Å². The van der Waals surface area contributed by atoms with Crippen LogP contribution in [0.15, 0.2) is 84.9 Å². The molecular formula is C33H30Cl2N2O5S. The first kappa shape index (κ1) is 30.6. The molecule has 1 aliphatic heterocycles. The third kappa shape index (κ3) is 7.39. The molecule has 0 radical (unpaired) electrons. The zero-order valence-corrected chi connectivity index (χ0v) is 25.8. The molecule has 43 heavy (non-hydrogen) atoms. The first-order valence-corrected chi connectivity index (χ1v) is 15.4. The van der Waals surface area contributed by atoms with Crippen molar-refractivity contribution in [2.75, 3.05) is 31.6 Å². The van der Waals surface area contributed by atoms with Gasteiger partial charge in [0.15, 0.2) is 0 Å². The molecule has 2 amide bonds. The van der Waals surface area contributed by atoms with Gasteiger partial charge in [0, 0.05) is 29.5 Å². The van der Waals surface area contributed by atoms with Crippen LogP contribution in [0.3, 0.4) is 0 Å². The van der Waals surface area contributed by atoms with E-state index in [9.17, 15) is 14.4 Å². The molecule has 0 unspecified atom stereocenters. The molecule has 0 N–H and O–H groups in total. The highest BCUT2D eigenvalue weighted by atomic mass is 35.5. The molecule has 0 bridgehead atoms. The summed E-state index contributed by atoms with van der Waals surface area (Å²) in [5.41, 5.74) is 2.57. The Balaban J connectivity index is 1.39. The van der Waals surface area contributed by atoms with Gasteiger partial charge < -0.3 is 19.3 Å². The number of amides is 2. The van der Waals surface area contributed by atoms with Crippen molar-refractivity contribution in [1.82, 2.24) is 4.90 Å².